The van der Waals surface area contributed by atoms with Crippen LogP contribution < -0.4 is 5.32 Å². The van der Waals surface area contributed by atoms with E-state index >= 15 is 0 Å². The first-order valence-corrected chi connectivity index (χ1v) is 6.53. The van der Waals surface area contributed by atoms with Crippen molar-refractivity contribution < 1.29 is 14.7 Å². The summed E-state index contributed by atoms with van der Waals surface area (Å²) in [6, 6.07) is 1.90. The fraction of sp³-hybridized carbons (Fsp3) is 0.250. The van der Waals surface area contributed by atoms with E-state index in [0.29, 0.717) is 18.0 Å². The molecule has 7 heteroatoms. The van der Waals surface area contributed by atoms with E-state index in [2.05, 4.69) is 10.3 Å². The lowest BCUT2D eigenvalue weighted by molar-refractivity contribution is 0.0690. The predicted octanol–water partition coefficient (Wildman–Crippen LogP) is 1.38. The summed E-state index contributed by atoms with van der Waals surface area (Å²) < 4.78 is 1.63. The Morgan fingerprint density at radius 1 is 1.53 bits per heavy atom. The zero-order valence-corrected chi connectivity index (χ0v) is 11.1. The fourth-order valence-electron chi connectivity index (χ4n) is 1.58. The second kappa shape index (κ2) is 5.66. The Labute approximate surface area is 113 Å². The van der Waals surface area contributed by atoms with Crippen molar-refractivity contribution in [3.05, 3.63) is 40.1 Å². The zero-order chi connectivity index (χ0) is 13.8. The van der Waals surface area contributed by atoms with Crippen LogP contribution in [0.1, 0.15) is 25.7 Å². The number of amides is 1. The topological polar surface area (TPSA) is 84.2 Å². The van der Waals surface area contributed by atoms with Gasteiger partial charge in [-0.05, 0) is 23.9 Å². The van der Waals surface area contributed by atoms with E-state index in [4.69, 9.17) is 5.11 Å². The van der Waals surface area contributed by atoms with E-state index in [0.717, 1.165) is 5.56 Å². The number of imidazole rings is 1. The highest BCUT2D eigenvalue weighted by atomic mass is 32.1. The number of carbonyl (C=O) groups is 2. The maximum Gasteiger partial charge on any atom is 0.356 e. The van der Waals surface area contributed by atoms with Crippen molar-refractivity contribution >= 4 is 23.2 Å². The van der Waals surface area contributed by atoms with Gasteiger partial charge in [-0.2, -0.15) is 0 Å². The van der Waals surface area contributed by atoms with Crippen LogP contribution in [0.15, 0.2) is 24.0 Å². The van der Waals surface area contributed by atoms with Crippen LogP contribution in [0, 0.1) is 6.92 Å². The molecule has 0 aliphatic carbocycles. The van der Waals surface area contributed by atoms with Gasteiger partial charge in [0.05, 0.1) is 11.2 Å². The summed E-state index contributed by atoms with van der Waals surface area (Å²) in [7, 11) is 0. The summed E-state index contributed by atoms with van der Waals surface area (Å²) in [4.78, 5) is 26.9. The molecule has 0 saturated heterocycles. The summed E-state index contributed by atoms with van der Waals surface area (Å²) in [6.45, 7) is 2.79. The zero-order valence-electron chi connectivity index (χ0n) is 10.3. The Balaban J connectivity index is 1.85. The quantitative estimate of drug-likeness (QED) is 0.866. The number of carboxylic acid groups (broad SMARTS) is 1. The molecule has 2 N–H and O–H groups in total. The first-order valence-electron chi connectivity index (χ1n) is 5.65. The lowest BCUT2D eigenvalue weighted by Crippen LogP contribution is -2.26. The van der Waals surface area contributed by atoms with Gasteiger partial charge in [-0.25, -0.2) is 9.78 Å². The van der Waals surface area contributed by atoms with Crippen molar-refractivity contribution in [2.24, 2.45) is 0 Å². The molecule has 2 aromatic heterocycles. The van der Waals surface area contributed by atoms with Crippen molar-refractivity contribution in [1.29, 1.82) is 0 Å². The van der Waals surface area contributed by atoms with Gasteiger partial charge in [0.15, 0.2) is 5.69 Å². The Morgan fingerprint density at radius 3 is 2.89 bits per heavy atom. The molecule has 2 aromatic rings. The second-order valence-electron chi connectivity index (χ2n) is 3.99. The van der Waals surface area contributed by atoms with Gasteiger partial charge in [0.1, 0.15) is 0 Å². The summed E-state index contributed by atoms with van der Waals surface area (Å²) >= 11 is 1.40. The number of carbonyl (C=O) groups excluding carboxylic acids is 1. The smallest absolute Gasteiger partial charge is 0.356 e. The molecule has 19 heavy (non-hydrogen) atoms. The summed E-state index contributed by atoms with van der Waals surface area (Å²) in [5.74, 6) is -1.16. The highest BCUT2D eigenvalue weighted by molar-refractivity contribution is 7.12. The SMILES string of the molecule is Cc1ccsc1C(=O)NCCn1cnc(C(=O)O)c1. The number of rotatable bonds is 5. The van der Waals surface area contributed by atoms with Gasteiger partial charge in [-0.3, -0.25) is 4.79 Å². The third kappa shape index (κ3) is 3.19. The average Bonchev–Trinajstić information content (AvgIpc) is 2.97. The van der Waals surface area contributed by atoms with Gasteiger partial charge < -0.3 is 15.0 Å². The van der Waals surface area contributed by atoms with E-state index in [1.54, 1.807) is 4.57 Å². The van der Waals surface area contributed by atoms with E-state index < -0.39 is 5.97 Å². The van der Waals surface area contributed by atoms with Crippen LogP contribution >= 0.6 is 11.3 Å². The number of nitrogens with one attached hydrogen (secondary N) is 1. The summed E-state index contributed by atoms with van der Waals surface area (Å²) in [6.07, 6.45) is 2.87. The van der Waals surface area contributed by atoms with Gasteiger partial charge in [0.2, 0.25) is 0 Å². The third-order valence-corrected chi connectivity index (χ3v) is 3.59. The number of nitrogens with zero attached hydrogens (tertiary/aromatic N) is 2. The van der Waals surface area contributed by atoms with Gasteiger partial charge in [0.25, 0.3) is 5.91 Å². The highest BCUT2D eigenvalue weighted by Gasteiger charge is 2.10. The normalized spacial score (nSPS) is 10.4. The molecule has 0 radical (unpaired) electrons. The van der Waals surface area contributed by atoms with Crippen LogP contribution in [0.4, 0.5) is 0 Å². The Morgan fingerprint density at radius 2 is 2.32 bits per heavy atom. The van der Waals surface area contributed by atoms with Crippen molar-refractivity contribution in [1.82, 2.24) is 14.9 Å². The minimum Gasteiger partial charge on any atom is -0.476 e. The largest absolute Gasteiger partial charge is 0.476 e. The van der Waals surface area contributed by atoms with E-state index in [1.165, 1.54) is 23.9 Å². The third-order valence-electron chi connectivity index (χ3n) is 2.58. The maximum absolute atomic E-state index is 11.8. The fourth-order valence-corrected chi connectivity index (χ4v) is 2.42. The molecule has 0 aromatic carbocycles. The Kier molecular flexibility index (Phi) is 3.96. The van der Waals surface area contributed by atoms with Crippen LogP contribution in [-0.4, -0.2) is 33.1 Å². The molecule has 0 unspecified atom stereocenters. The molecule has 100 valence electrons. The number of hydrogen-bond donors (Lipinski definition) is 2. The molecular formula is C12H13N3O3S. The lowest BCUT2D eigenvalue weighted by atomic mass is 10.3. The molecule has 0 saturated carbocycles. The molecule has 0 bridgehead atoms. The van der Waals surface area contributed by atoms with Crippen LogP contribution in [0.3, 0.4) is 0 Å². The number of aromatic nitrogens is 2. The summed E-state index contributed by atoms with van der Waals surface area (Å²) in [5, 5.41) is 13.4. The minimum atomic E-state index is -1.06. The molecule has 0 fully saturated rings. The van der Waals surface area contributed by atoms with E-state index in [9.17, 15) is 9.59 Å². The Bertz CT molecular complexity index is 603. The first-order chi connectivity index (χ1) is 9.08. The van der Waals surface area contributed by atoms with Crippen molar-refractivity contribution in [3.63, 3.8) is 0 Å². The maximum atomic E-state index is 11.8. The number of aromatic carboxylic acids is 1. The number of aryl methyl sites for hydroxylation is 1. The summed E-state index contributed by atoms with van der Waals surface area (Å²) in [5.41, 5.74) is 0.957. The van der Waals surface area contributed by atoms with E-state index in [-0.39, 0.29) is 11.6 Å². The monoisotopic (exact) mass is 279 g/mol. The highest BCUT2D eigenvalue weighted by Crippen LogP contribution is 2.14. The van der Waals surface area contributed by atoms with Gasteiger partial charge in [-0.1, -0.05) is 0 Å². The van der Waals surface area contributed by atoms with Crippen LogP contribution in [0.25, 0.3) is 0 Å². The molecule has 0 atom stereocenters. The van der Waals surface area contributed by atoms with Crippen molar-refractivity contribution in [3.8, 4) is 0 Å². The van der Waals surface area contributed by atoms with E-state index in [1.807, 2.05) is 18.4 Å². The molecule has 2 heterocycles. The molecule has 0 aliphatic heterocycles. The van der Waals surface area contributed by atoms with Crippen molar-refractivity contribution in [2.45, 2.75) is 13.5 Å². The number of carboxylic acids is 1. The van der Waals surface area contributed by atoms with Gasteiger partial charge in [0, 0.05) is 19.3 Å². The predicted molar refractivity (Wildman–Crippen MR) is 70.6 cm³/mol. The molecule has 2 rings (SSSR count). The Hall–Kier alpha value is -2.15. The van der Waals surface area contributed by atoms with Gasteiger partial charge in [-0.15, -0.1) is 11.3 Å². The van der Waals surface area contributed by atoms with Crippen LogP contribution in [0.2, 0.25) is 0 Å². The first kappa shape index (κ1) is 13.3. The molecule has 0 spiro atoms. The average molecular weight is 279 g/mol. The van der Waals surface area contributed by atoms with Crippen molar-refractivity contribution in [2.75, 3.05) is 6.54 Å². The second-order valence-corrected chi connectivity index (χ2v) is 4.91. The molecule has 1 amide bonds. The molecule has 6 nitrogen and oxygen atoms in total. The van der Waals surface area contributed by atoms with Crippen LogP contribution in [-0.2, 0) is 6.54 Å². The minimum absolute atomic E-state index is 0.000396. The number of thiophene rings is 1. The van der Waals surface area contributed by atoms with Crippen LogP contribution in [0.5, 0.6) is 0 Å². The van der Waals surface area contributed by atoms with Gasteiger partial charge >= 0.3 is 5.97 Å². The number of hydrogen-bond acceptors (Lipinski definition) is 4. The standard InChI is InChI=1S/C12H13N3O3S/c1-8-2-5-19-10(8)11(16)13-3-4-15-6-9(12(17)18)14-7-15/h2,5-7H,3-4H2,1H3,(H,13,16)(H,17,18). The molecule has 0 aliphatic rings. The molecular weight excluding hydrogens is 266 g/mol. The lowest BCUT2D eigenvalue weighted by Gasteiger charge is -2.05.